The van der Waals surface area contributed by atoms with E-state index in [0.29, 0.717) is 10.9 Å². The van der Waals surface area contributed by atoms with Crippen LogP contribution in [0.15, 0.2) is 58.5 Å². The number of benzene rings is 2. The third kappa shape index (κ3) is 5.63. The van der Waals surface area contributed by atoms with Crippen molar-refractivity contribution in [2.45, 2.75) is 30.2 Å². The van der Waals surface area contributed by atoms with Crippen molar-refractivity contribution in [2.75, 3.05) is 5.43 Å². The van der Waals surface area contributed by atoms with Crippen molar-refractivity contribution in [1.82, 2.24) is 0 Å². The van der Waals surface area contributed by atoms with E-state index in [0.717, 1.165) is 17.7 Å². The normalized spacial score (nSPS) is 12.1. The Balaban J connectivity index is 1.99. The van der Waals surface area contributed by atoms with E-state index in [1.807, 2.05) is 24.3 Å². The minimum atomic E-state index is -4.36. The van der Waals surface area contributed by atoms with Gasteiger partial charge in [0.05, 0.1) is 17.5 Å². The third-order valence-corrected chi connectivity index (χ3v) is 3.86. The minimum absolute atomic E-state index is 0.294. The molecule has 2 rings (SSSR count). The van der Waals surface area contributed by atoms with Crippen LogP contribution in [0, 0.1) is 0 Å². The Hall–Kier alpha value is -1.95. The molecule has 0 spiro atoms. The summed E-state index contributed by atoms with van der Waals surface area (Å²) in [5.74, 6) is 0. The van der Waals surface area contributed by atoms with E-state index in [-0.39, 0.29) is 0 Å². The topological polar surface area (TPSA) is 24.4 Å². The van der Waals surface area contributed by atoms with Crippen molar-refractivity contribution in [1.29, 1.82) is 0 Å². The summed E-state index contributed by atoms with van der Waals surface area (Å²) < 4.78 is 37.8. The smallest absolute Gasteiger partial charge is 0.278 e. The van der Waals surface area contributed by atoms with E-state index in [4.69, 9.17) is 0 Å². The van der Waals surface area contributed by atoms with Crippen molar-refractivity contribution in [3.8, 4) is 0 Å². The molecule has 0 radical (unpaired) electrons. The molecule has 0 amide bonds. The zero-order chi connectivity index (χ0) is 16.9. The first-order chi connectivity index (χ1) is 10.8. The molecule has 0 aliphatic rings. The molecular formula is C17H17F3N2S. The molecule has 0 saturated carbocycles. The summed E-state index contributed by atoms with van der Waals surface area (Å²) in [5, 5.41) is 4.49. The van der Waals surface area contributed by atoms with Gasteiger partial charge in [-0.2, -0.15) is 18.3 Å². The second-order valence-corrected chi connectivity index (χ2v) is 6.83. The molecule has 0 atom stereocenters. The van der Waals surface area contributed by atoms with Gasteiger partial charge in [0.25, 0.3) is 0 Å². The first-order valence-electron chi connectivity index (χ1n) is 7.07. The number of nitrogens with zero attached hydrogens (tertiary/aromatic N) is 1. The maximum atomic E-state index is 12.6. The highest BCUT2D eigenvalue weighted by atomic mass is 32.2. The summed E-state index contributed by atoms with van der Waals surface area (Å²) in [7, 11) is 0. The van der Waals surface area contributed by atoms with Gasteiger partial charge >= 0.3 is 6.18 Å². The number of hydrogen-bond donors (Lipinski definition) is 1. The molecular weight excluding hydrogens is 321 g/mol. The van der Waals surface area contributed by atoms with Gasteiger partial charge in [0.2, 0.25) is 0 Å². The van der Waals surface area contributed by atoms with Gasteiger partial charge in [0.15, 0.2) is 0 Å². The van der Waals surface area contributed by atoms with E-state index < -0.39 is 11.7 Å². The average Bonchev–Trinajstić information content (AvgIpc) is 2.48. The molecule has 122 valence electrons. The zero-order valence-corrected chi connectivity index (χ0v) is 13.6. The standard InChI is InChI=1S/C17H17F3N2S/c1-12(2)23-16-8-6-13(7-9-16)11-21-22-15-5-3-4-14(10-15)17(18,19)20/h3-12,22H,1-2H3. The number of hydrogen-bond acceptors (Lipinski definition) is 3. The molecule has 0 fully saturated rings. The fourth-order valence-electron chi connectivity index (χ4n) is 1.85. The van der Waals surface area contributed by atoms with E-state index in [1.165, 1.54) is 17.0 Å². The molecule has 0 aliphatic heterocycles. The van der Waals surface area contributed by atoms with Crippen molar-refractivity contribution in [3.63, 3.8) is 0 Å². The van der Waals surface area contributed by atoms with Gasteiger partial charge < -0.3 is 0 Å². The summed E-state index contributed by atoms with van der Waals surface area (Å²) in [6.07, 6.45) is -2.78. The van der Waals surface area contributed by atoms with Gasteiger partial charge in [-0.15, -0.1) is 11.8 Å². The molecule has 23 heavy (non-hydrogen) atoms. The van der Waals surface area contributed by atoms with Crippen molar-refractivity contribution >= 4 is 23.7 Å². The first kappa shape index (κ1) is 17.4. The van der Waals surface area contributed by atoms with E-state index in [1.54, 1.807) is 18.0 Å². The molecule has 6 heteroatoms. The van der Waals surface area contributed by atoms with Crippen LogP contribution < -0.4 is 5.43 Å². The van der Waals surface area contributed by atoms with Gasteiger partial charge in [0.1, 0.15) is 0 Å². The Morgan fingerprint density at radius 1 is 1.09 bits per heavy atom. The lowest BCUT2D eigenvalue weighted by atomic mass is 10.2. The Morgan fingerprint density at radius 2 is 1.78 bits per heavy atom. The molecule has 2 aromatic carbocycles. The fraction of sp³-hybridized carbons (Fsp3) is 0.235. The van der Waals surface area contributed by atoms with Gasteiger partial charge in [-0.1, -0.05) is 32.0 Å². The molecule has 0 saturated heterocycles. The van der Waals surface area contributed by atoms with Gasteiger partial charge in [-0.05, 0) is 35.9 Å². The largest absolute Gasteiger partial charge is 0.416 e. The highest BCUT2D eigenvalue weighted by Gasteiger charge is 2.30. The predicted octanol–water partition coefficient (Wildman–Crippen LogP) is 5.65. The minimum Gasteiger partial charge on any atom is -0.278 e. The molecule has 0 unspecified atom stereocenters. The van der Waals surface area contributed by atoms with Gasteiger partial charge in [-0.3, -0.25) is 5.43 Å². The van der Waals surface area contributed by atoms with Crippen LogP contribution in [0.5, 0.6) is 0 Å². The summed E-state index contributed by atoms with van der Waals surface area (Å²) >= 11 is 1.77. The summed E-state index contributed by atoms with van der Waals surface area (Å²) in [4.78, 5) is 1.17. The van der Waals surface area contributed by atoms with Crippen molar-refractivity contribution < 1.29 is 13.2 Å². The lowest BCUT2D eigenvalue weighted by Crippen LogP contribution is -2.05. The maximum absolute atomic E-state index is 12.6. The monoisotopic (exact) mass is 338 g/mol. The Bertz CT molecular complexity index is 664. The van der Waals surface area contributed by atoms with E-state index >= 15 is 0 Å². The zero-order valence-electron chi connectivity index (χ0n) is 12.8. The number of rotatable bonds is 5. The number of thioether (sulfide) groups is 1. The van der Waals surface area contributed by atoms with Crippen LogP contribution in [-0.2, 0) is 6.18 Å². The Kier molecular flexibility index (Phi) is 5.71. The highest BCUT2D eigenvalue weighted by Crippen LogP contribution is 2.30. The quantitative estimate of drug-likeness (QED) is 0.433. The molecule has 0 aromatic heterocycles. The molecule has 0 heterocycles. The Morgan fingerprint density at radius 3 is 2.39 bits per heavy atom. The van der Waals surface area contributed by atoms with Crippen molar-refractivity contribution in [2.24, 2.45) is 5.10 Å². The summed E-state index contributed by atoms with van der Waals surface area (Å²) in [5.41, 5.74) is 3.08. The van der Waals surface area contributed by atoms with Crippen LogP contribution in [0.3, 0.4) is 0 Å². The highest BCUT2D eigenvalue weighted by molar-refractivity contribution is 7.99. The van der Waals surface area contributed by atoms with Crippen LogP contribution in [0.4, 0.5) is 18.9 Å². The number of anilines is 1. The van der Waals surface area contributed by atoms with Crippen LogP contribution >= 0.6 is 11.8 Å². The van der Waals surface area contributed by atoms with Crippen LogP contribution in [0.2, 0.25) is 0 Å². The van der Waals surface area contributed by atoms with Gasteiger partial charge in [0, 0.05) is 10.1 Å². The molecule has 1 N–H and O–H groups in total. The van der Waals surface area contributed by atoms with Gasteiger partial charge in [-0.25, -0.2) is 0 Å². The average molecular weight is 338 g/mol. The van der Waals surface area contributed by atoms with Crippen molar-refractivity contribution in [3.05, 3.63) is 59.7 Å². The fourth-order valence-corrected chi connectivity index (χ4v) is 2.69. The Labute approximate surface area is 137 Å². The number of hydrazone groups is 1. The number of nitrogens with one attached hydrogen (secondary N) is 1. The molecule has 2 nitrogen and oxygen atoms in total. The SMILES string of the molecule is CC(C)Sc1ccc(C=NNc2cccc(C(F)(F)F)c2)cc1. The lowest BCUT2D eigenvalue weighted by molar-refractivity contribution is -0.137. The molecule has 0 aliphatic carbocycles. The molecule has 0 bridgehead atoms. The number of halogens is 3. The van der Waals surface area contributed by atoms with Crippen LogP contribution in [-0.4, -0.2) is 11.5 Å². The third-order valence-electron chi connectivity index (χ3n) is 2.85. The van der Waals surface area contributed by atoms with E-state index in [2.05, 4.69) is 24.4 Å². The predicted molar refractivity (Wildman–Crippen MR) is 90.1 cm³/mol. The summed E-state index contributed by atoms with van der Waals surface area (Å²) in [6.45, 7) is 4.25. The molecule has 2 aromatic rings. The van der Waals surface area contributed by atoms with E-state index in [9.17, 15) is 13.2 Å². The van der Waals surface area contributed by atoms with Crippen LogP contribution in [0.25, 0.3) is 0 Å². The second-order valence-electron chi connectivity index (χ2n) is 5.18. The maximum Gasteiger partial charge on any atom is 0.416 e. The second kappa shape index (κ2) is 7.55. The van der Waals surface area contributed by atoms with Crippen LogP contribution in [0.1, 0.15) is 25.0 Å². The first-order valence-corrected chi connectivity index (χ1v) is 7.95. The summed E-state index contributed by atoms with van der Waals surface area (Å²) in [6, 6.07) is 12.8. The number of alkyl halides is 3. The lowest BCUT2D eigenvalue weighted by Gasteiger charge is -2.08.